The summed E-state index contributed by atoms with van der Waals surface area (Å²) < 4.78 is 16.6. The highest BCUT2D eigenvalue weighted by atomic mass is 16.7. The summed E-state index contributed by atoms with van der Waals surface area (Å²) in [6.45, 7) is 1.63. The number of carbonyl (C=O) groups excluding carboxylic acids is 1. The van der Waals surface area contributed by atoms with E-state index in [1.165, 1.54) is 11.9 Å². The summed E-state index contributed by atoms with van der Waals surface area (Å²) >= 11 is 0. The first kappa shape index (κ1) is 16.7. The molecule has 2 aromatic rings. The van der Waals surface area contributed by atoms with Crippen molar-refractivity contribution in [3.8, 4) is 17.2 Å². The number of ether oxygens (including phenoxy) is 3. The average Bonchev–Trinajstić information content (AvgIpc) is 3.05. The smallest absolute Gasteiger partial charge is 0.231 e. The van der Waals surface area contributed by atoms with Crippen LogP contribution < -0.4 is 25.1 Å². The monoisotopic (exact) mass is 356 g/mol. The molecule has 0 saturated carbocycles. The molecule has 3 atom stereocenters. The van der Waals surface area contributed by atoms with Gasteiger partial charge in [-0.2, -0.15) is 0 Å². The highest BCUT2D eigenvalue weighted by molar-refractivity contribution is 5.65. The van der Waals surface area contributed by atoms with Gasteiger partial charge in [0.15, 0.2) is 11.5 Å². The lowest BCUT2D eigenvalue weighted by Gasteiger charge is -2.41. The summed E-state index contributed by atoms with van der Waals surface area (Å²) in [6, 6.07) is 11.0. The summed E-state index contributed by atoms with van der Waals surface area (Å²) in [5.74, 6) is 4.58. The highest BCUT2D eigenvalue weighted by Gasteiger charge is 2.47. The lowest BCUT2D eigenvalue weighted by molar-refractivity contribution is -0.176. The molecule has 2 aliphatic rings. The standard InChI is InChI=1S/C19H20N2O5/c1-19(23)14(9-22)18(11-3-5-12(6-4-11)21(2)20)13-7-16-17(25-10-24-16)8-15(13)26-19/h3-9,14,18,23H,10,20H2,1-2H3. The molecule has 4 rings (SSSR count). The van der Waals surface area contributed by atoms with E-state index in [0.29, 0.717) is 17.2 Å². The van der Waals surface area contributed by atoms with E-state index in [1.54, 1.807) is 13.1 Å². The molecular weight excluding hydrogens is 336 g/mol. The summed E-state index contributed by atoms with van der Waals surface area (Å²) in [6.07, 6.45) is 0.737. The normalized spacial score (nSPS) is 26.0. The molecule has 7 nitrogen and oxygen atoms in total. The largest absolute Gasteiger partial charge is 0.462 e. The van der Waals surface area contributed by atoms with Crippen LogP contribution in [0.3, 0.4) is 0 Å². The van der Waals surface area contributed by atoms with E-state index in [-0.39, 0.29) is 6.79 Å². The Hall–Kier alpha value is -2.77. The highest BCUT2D eigenvalue weighted by Crippen LogP contribution is 2.51. The molecule has 3 N–H and O–H groups in total. The van der Waals surface area contributed by atoms with Gasteiger partial charge in [0.25, 0.3) is 0 Å². The SMILES string of the molecule is CN(N)c1ccc(C2c3cc4c(cc3OC(C)(O)C2C=O)OCO4)cc1. The maximum atomic E-state index is 11.9. The van der Waals surface area contributed by atoms with Crippen LogP contribution in [0.5, 0.6) is 17.2 Å². The van der Waals surface area contributed by atoms with Crippen molar-refractivity contribution in [2.45, 2.75) is 18.6 Å². The number of anilines is 1. The Morgan fingerprint density at radius 1 is 1.19 bits per heavy atom. The third-order valence-electron chi connectivity index (χ3n) is 4.94. The van der Waals surface area contributed by atoms with Gasteiger partial charge in [0.1, 0.15) is 12.0 Å². The molecule has 0 fully saturated rings. The molecule has 26 heavy (non-hydrogen) atoms. The lowest BCUT2D eigenvalue weighted by atomic mass is 9.75. The Labute approximate surface area is 150 Å². The zero-order chi connectivity index (χ0) is 18.5. The summed E-state index contributed by atoms with van der Waals surface area (Å²) in [5, 5.41) is 12.3. The minimum Gasteiger partial charge on any atom is -0.462 e. The number of fused-ring (bicyclic) bond motifs is 2. The minimum atomic E-state index is -1.64. The van der Waals surface area contributed by atoms with E-state index in [1.807, 2.05) is 30.3 Å². The number of hydrogen-bond donors (Lipinski definition) is 2. The number of nitrogens with zero attached hydrogens (tertiary/aromatic N) is 1. The van der Waals surface area contributed by atoms with E-state index < -0.39 is 17.6 Å². The molecule has 3 unspecified atom stereocenters. The first-order valence-corrected chi connectivity index (χ1v) is 8.29. The Kier molecular flexibility index (Phi) is 3.78. The van der Waals surface area contributed by atoms with Crippen LogP contribution in [0.15, 0.2) is 36.4 Å². The average molecular weight is 356 g/mol. The second kappa shape index (κ2) is 5.89. The number of benzene rings is 2. The first-order chi connectivity index (χ1) is 12.4. The van der Waals surface area contributed by atoms with Crippen LogP contribution in [0.1, 0.15) is 24.0 Å². The fourth-order valence-corrected chi connectivity index (χ4v) is 3.57. The van der Waals surface area contributed by atoms with Crippen molar-refractivity contribution in [1.82, 2.24) is 0 Å². The predicted octanol–water partition coefficient (Wildman–Crippen LogP) is 1.77. The first-order valence-electron chi connectivity index (χ1n) is 8.29. The van der Waals surface area contributed by atoms with Crippen molar-refractivity contribution < 1.29 is 24.1 Å². The number of nitrogens with two attached hydrogens (primary N) is 1. The molecule has 0 bridgehead atoms. The number of aldehydes is 1. The lowest BCUT2D eigenvalue weighted by Crippen LogP contribution is -2.48. The molecule has 2 heterocycles. The van der Waals surface area contributed by atoms with E-state index >= 15 is 0 Å². The van der Waals surface area contributed by atoms with Gasteiger partial charge < -0.3 is 29.1 Å². The maximum absolute atomic E-state index is 11.9. The summed E-state index contributed by atoms with van der Waals surface area (Å²) in [5.41, 5.74) is 2.48. The molecule has 0 aromatic heterocycles. The van der Waals surface area contributed by atoms with Crippen LogP contribution in [0.4, 0.5) is 5.69 Å². The molecule has 0 spiro atoms. The molecule has 0 radical (unpaired) electrons. The number of hydrazine groups is 1. The van der Waals surface area contributed by atoms with Gasteiger partial charge in [-0.25, -0.2) is 5.84 Å². The van der Waals surface area contributed by atoms with Gasteiger partial charge in [-0.15, -0.1) is 0 Å². The Morgan fingerprint density at radius 3 is 2.46 bits per heavy atom. The van der Waals surface area contributed by atoms with Crippen molar-refractivity contribution in [3.05, 3.63) is 47.5 Å². The second-order valence-corrected chi connectivity index (χ2v) is 6.74. The van der Waals surface area contributed by atoms with Gasteiger partial charge in [-0.1, -0.05) is 12.1 Å². The van der Waals surface area contributed by atoms with Gasteiger partial charge in [-0.05, 0) is 23.8 Å². The van der Waals surface area contributed by atoms with Gasteiger partial charge in [0.05, 0.1) is 11.6 Å². The van der Waals surface area contributed by atoms with E-state index in [2.05, 4.69) is 0 Å². The topological polar surface area (TPSA) is 94.2 Å². The summed E-state index contributed by atoms with van der Waals surface area (Å²) in [7, 11) is 1.75. The maximum Gasteiger partial charge on any atom is 0.231 e. The van der Waals surface area contributed by atoms with Crippen molar-refractivity contribution in [1.29, 1.82) is 0 Å². The van der Waals surface area contributed by atoms with Crippen molar-refractivity contribution in [2.24, 2.45) is 11.8 Å². The Bertz CT molecular complexity index is 848. The minimum absolute atomic E-state index is 0.133. The second-order valence-electron chi connectivity index (χ2n) is 6.74. The molecular formula is C19H20N2O5. The fourth-order valence-electron chi connectivity index (χ4n) is 3.57. The quantitative estimate of drug-likeness (QED) is 0.492. The number of aliphatic hydroxyl groups is 1. The van der Waals surface area contributed by atoms with E-state index in [0.717, 1.165) is 23.1 Å². The van der Waals surface area contributed by atoms with Crippen molar-refractivity contribution in [3.63, 3.8) is 0 Å². The van der Waals surface area contributed by atoms with Gasteiger partial charge >= 0.3 is 0 Å². The zero-order valence-electron chi connectivity index (χ0n) is 14.5. The molecule has 0 aliphatic carbocycles. The third kappa shape index (κ3) is 2.56. The fraction of sp³-hybridized carbons (Fsp3) is 0.316. The number of rotatable bonds is 3. The van der Waals surface area contributed by atoms with Crippen LogP contribution in [0.25, 0.3) is 0 Å². The zero-order valence-corrected chi connectivity index (χ0v) is 14.5. The van der Waals surface area contributed by atoms with Gasteiger partial charge in [0.2, 0.25) is 12.6 Å². The summed E-state index contributed by atoms with van der Waals surface area (Å²) in [4.78, 5) is 11.9. The van der Waals surface area contributed by atoms with Crippen molar-refractivity contribution >= 4 is 12.0 Å². The molecule has 0 saturated heterocycles. The molecule has 136 valence electrons. The predicted molar refractivity (Wildman–Crippen MR) is 94.2 cm³/mol. The molecule has 0 amide bonds. The van der Waals surface area contributed by atoms with Crippen LogP contribution >= 0.6 is 0 Å². The van der Waals surface area contributed by atoms with Crippen LogP contribution in [0.2, 0.25) is 0 Å². The van der Waals surface area contributed by atoms with Crippen LogP contribution in [-0.4, -0.2) is 31.0 Å². The number of hydrogen-bond acceptors (Lipinski definition) is 7. The van der Waals surface area contributed by atoms with Crippen LogP contribution in [-0.2, 0) is 4.79 Å². The van der Waals surface area contributed by atoms with Crippen molar-refractivity contribution in [2.75, 3.05) is 18.8 Å². The van der Waals surface area contributed by atoms with E-state index in [9.17, 15) is 9.90 Å². The molecule has 2 aliphatic heterocycles. The number of carbonyl (C=O) groups is 1. The Balaban J connectivity index is 1.86. The Morgan fingerprint density at radius 2 is 1.85 bits per heavy atom. The molecule has 7 heteroatoms. The van der Waals surface area contributed by atoms with Gasteiger partial charge in [0, 0.05) is 31.5 Å². The van der Waals surface area contributed by atoms with E-state index in [4.69, 9.17) is 20.1 Å². The third-order valence-corrected chi connectivity index (χ3v) is 4.94. The molecule has 2 aromatic carbocycles. The van der Waals surface area contributed by atoms with Gasteiger partial charge in [-0.3, -0.25) is 0 Å². The van der Waals surface area contributed by atoms with Crippen LogP contribution in [0, 0.1) is 5.92 Å².